The first-order valence-corrected chi connectivity index (χ1v) is 9.79. The lowest BCUT2D eigenvalue weighted by Crippen LogP contribution is -2.36. The van der Waals surface area contributed by atoms with Crippen molar-refractivity contribution in [2.75, 3.05) is 22.8 Å². The summed E-state index contributed by atoms with van der Waals surface area (Å²) in [6, 6.07) is 6.77. The summed E-state index contributed by atoms with van der Waals surface area (Å²) in [6.45, 7) is 0.504. The fourth-order valence-electron chi connectivity index (χ4n) is 3.17. The first-order valence-electron chi connectivity index (χ1n) is 7.90. The number of benzene rings is 1. The average Bonchev–Trinajstić information content (AvgIpc) is 2.49. The summed E-state index contributed by atoms with van der Waals surface area (Å²) in [5.74, 6) is -0.125. The Kier molecular flexibility index (Phi) is 5.64. The van der Waals surface area contributed by atoms with Gasteiger partial charge in [0.1, 0.15) is 0 Å². The molecule has 1 saturated carbocycles. The molecule has 0 radical (unpaired) electrons. The highest BCUT2D eigenvalue weighted by Crippen LogP contribution is 2.38. The van der Waals surface area contributed by atoms with E-state index in [0.717, 1.165) is 31.9 Å². The van der Waals surface area contributed by atoms with Crippen LogP contribution in [0, 0.1) is 5.41 Å². The van der Waals surface area contributed by atoms with Crippen molar-refractivity contribution in [3.05, 3.63) is 24.3 Å². The molecule has 1 fully saturated rings. The van der Waals surface area contributed by atoms with Crippen molar-refractivity contribution < 1.29 is 13.2 Å². The quantitative estimate of drug-likeness (QED) is 0.740. The fraction of sp³-hybridized carbons (Fsp3) is 0.562. The molecule has 2 rings (SSSR count). The topological polar surface area (TPSA) is 101 Å². The Balaban J connectivity index is 2.08. The summed E-state index contributed by atoms with van der Waals surface area (Å²) in [4.78, 5) is 12.4. The number of carbonyl (C=O) groups is 1. The number of hydrogen-bond acceptors (Lipinski definition) is 4. The molecule has 1 amide bonds. The lowest BCUT2D eigenvalue weighted by molar-refractivity contribution is -0.118. The molecule has 0 spiro atoms. The minimum absolute atomic E-state index is 0.123. The number of sulfonamides is 1. The van der Waals surface area contributed by atoms with Gasteiger partial charge in [-0.1, -0.05) is 31.4 Å². The Morgan fingerprint density at radius 2 is 1.78 bits per heavy atom. The van der Waals surface area contributed by atoms with Crippen LogP contribution in [0.2, 0.25) is 0 Å². The standard InChI is InChI=1S/C16H25N3O3S/c1-23(21,22)19-14-8-4-3-7-13(14)18-15(20)11-16(12-17)9-5-2-6-10-16/h3-4,7-8,19H,2,5-6,9-12,17H2,1H3,(H,18,20). The summed E-state index contributed by atoms with van der Waals surface area (Å²) in [7, 11) is -3.40. The molecule has 0 saturated heterocycles. The lowest BCUT2D eigenvalue weighted by atomic mass is 9.71. The molecule has 4 N–H and O–H groups in total. The highest BCUT2D eigenvalue weighted by Gasteiger charge is 2.33. The summed E-state index contributed by atoms with van der Waals surface area (Å²) < 4.78 is 25.2. The summed E-state index contributed by atoms with van der Waals surface area (Å²) >= 11 is 0. The molecule has 23 heavy (non-hydrogen) atoms. The van der Waals surface area contributed by atoms with Crippen LogP contribution in [0.15, 0.2) is 24.3 Å². The molecule has 128 valence electrons. The number of rotatable bonds is 6. The van der Waals surface area contributed by atoms with E-state index >= 15 is 0 Å². The van der Waals surface area contributed by atoms with Gasteiger partial charge in [0.15, 0.2) is 0 Å². The van der Waals surface area contributed by atoms with Crippen LogP contribution < -0.4 is 15.8 Å². The van der Waals surface area contributed by atoms with E-state index in [1.165, 1.54) is 6.42 Å². The first kappa shape index (κ1) is 17.7. The minimum Gasteiger partial charge on any atom is -0.330 e. The van der Waals surface area contributed by atoms with E-state index in [0.29, 0.717) is 24.3 Å². The van der Waals surface area contributed by atoms with Crippen molar-refractivity contribution in [3.63, 3.8) is 0 Å². The van der Waals surface area contributed by atoms with Gasteiger partial charge in [0.2, 0.25) is 15.9 Å². The summed E-state index contributed by atoms with van der Waals surface area (Å²) in [6.07, 6.45) is 6.81. The number of hydrogen-bond donors (Lipinski definition) is 3. The van der Waals surface area contributed by atoms with E-state index < -0.39 is 10.0 Å². The van der Waals surface area contributed by atoms with Crippen LogP contribution in [0.5, 0.6) is 0 Å². The second-order valence-corrected chi connectivity index (χ2v) is 8.16. The molecular weight excluding hydrogens is 314 g/mol. The zero-order valence-corrected chi connectivity index (χ0v) is 14.3. The van der Waals surface area contributed by atoms with Crippen LogP contribution in [0.25, 0.3) is 0 Å². The van der Waals surface area contributed by atoms with E-state index in [2.05, 4.69) is 10.0 Å². The highest BCUT2D eigenvalue weighted by molar-refractivity contribution is 7.92. The Hall–Kier alpha value is -1.60. The van der Waals surface area contributed by atoms with Gasteiger partial charge in [-0.15, -0.1) is 0 Å². The Labute approximate surface area is 137 Å². The lowest BCUT2D eigenvalue weighted by Gasteiger charge is -2.35. The third kappa shape index (κ3) is 5.21. The molecule has 0 bridgehead atoms. The van der Waals surface area contributed by atoms with Gasteiger partial charge >= 0.3 is 0 Å². The van der Waals surface area contributed by atoms with E-state index in [-0.39, 0.29) is 11.3 Å². The first-order chi connectivity index (χ1) is 10.8. The van der Waals surface area contributed by atoms with Crippen LogP contribution in [0.1, 0.15) is 38.5 Å². The van der Waals surface area contributed by atoms with E-state index in [1.54, 1.807) is 24.3 Å². The zero-order chi connectivity index (χ0) is 16.9. The number of amides is 1. The summed E-state index contributed by atoms with van der Waals surface area (Å²) in [5, 5.41) is 2.82. The number of para-hydroxylation sites is 2. The molecule has 0 aliphatic heterocycles. The maximum Gasteiger partial charge on any atom is 0.229 e. The number of nitrogens with two attached hydrogens (primary N) is 1. The number of carbonyl (C=O) groups excluding carboxylic acids is 1. The second-order valence-electron chi connectivity index (χ2n) is 6.41. The smallest absolute Gasteiger partial charge is 0.229 e. The Bertz CT molecular complexity index is 652. The van der Waals surface area contributed by atoms with Crippen molar-refractivity contribution in [1.29, 1.82) is 0 Å². The minimum atomic E-state index is -3.40. The SMILES string of the molecule is CS(=O)(=O)Nc1ccccc1NC(=O)CC1(CN)CCCCC1. The molecule has 0 heterocycles. The Morgan fingerprint density at radius 3 is 2.35 bits per heavy atom. The molecule has 0 aromatic heterocycles. The molecular formula is C16H25N3O3S. The second kappa shape index (κ2) is 7.31. The molecule has 1 aliphatic rings. The highest BCUT2D eigenvalue weighted by atomic mass is 32.2. The maximum atomic E-state index is 12.4. The van der Waals surface area contributed by atoms with E-state index in [4.69, 9.17) is 5.73 Å². The largest absolute Gasteiger partial charge is 0.330 e. The number of nitrogens with one attached hydrogen (secondary N) is 2. The van der Waals surface area contributed by atoms with Gasteiger partial charge in [-0.25, -0.2) is 8.42 Å². The average molecular weight is 339 g/mol. The molecule has 6 nitrogen and oxygen atoms in total. The van der Waals surface area contributed by atoms with Crippen LogP contribution in [0.3, 0.4) is 0 Å². The van der Waals surface area contributed by atoms with Crippen molar-refractivity contribution >= 4 is 27.3 Å². The zero-order valence-electron chi connectivity index (χ0n) is 13.5. The molecule has 1 aromatic carbocycles. The van der Waals surface area contributed by atoms with Crippen LogP contribution in [0.4, 0.5) is 11.4 Å². The van der Waals surface area contributed by atoms with Gasteiger partial charge in [-0.05, 0) is 36.9 Å². The van der Waals surface area contributed by atoms with Gasteiger partial charge in [0.25, 0.3) is 0 Å². The molecule has 7 heteroatoms. The van der Waals surface area contributed by atoms with Crippen molar-refractivity contribution in [1.82, 2.24) is 0 Å². The van der Waals surface area contributed by atoms with Gasteiger partial charge in [-0.3, -0.25) is 9.52 Å². The van der Waals surface area contributed by atoms with Crippen molar-refractivity contribution in [3.8, 4) is 0 Å². The van der Waals surface area contributed by atoms with Crippen LogP contribution in [-0.4, -0.2) is 27.1 Å². The predicted octanol–water partition coefficient (Wildman–Crippen LogP) is 2.30. The van der Waals surface area contributed by atoms with E-state index in [9.17, 15) is 13.2 Å². The number of anilines is 2. The van der Waals surface area contributed by atoms with Crippen LogP contribution >= 0.6 is 0 Å². The molecule has 0 atom stereocenters. The van der Waals surface area contributed by atoms with E-state index in [1.807, 2.05) is 0 Å². The predicted molar refractivity (Wildman–Crippen MR) is 92.7 cm³/mol. The van der Waals surface area contributed by atoms with Gasteiger partial charge < -0.3 is 11.1 Å². The Morgan fingerprint density at radius 1 is 1.17 bits per heavy atom. The molecule has 0 unspecified atom stereocenters. The van der Waals surface area contributed by atoms with Crippen LogP contribution in [-0.2, 0) is 14.8 Å². The van der Waals surface area contributed by atoms with Gasteiger partial charge in [-0.2, -0.15) is 0 Å². The molecule has 1 aromatic rings. The maximum absolute atomic E-state index is 12.4. The normalized spacial score (nSPS) is 17.5. The third-order valence-electron chi connectivity index (χ3n) is 4.38. The van der Waals surface area contributed by atoms with Gasteiger partial charge in [0.05, 0.1) is 17.6 Å². The van der Waals surface area contributed by atoms with Crippen molar-refractivity contribution in [2.24, 2.45) is 11.1 Å². The van der Waals surface area contributed by atoms with Crippen molar-refractivity contribution in [2.45, 2.75) is 38.5 Å². The summed E-state index contributed by atoms with van der Waals surface area (Å²) in [5.41, 5.74) is 6.63. The monoisotopic (exact) mass is 339 g/mol. The van der Waals surface area contributed by atoms with Gasteiger partial charge in [0, 0.05) is 6.42 Å². The molecule has 1 aliphatic carbocycles. The third-order valence-corrected chi connectivity index (χ3v) is 4.97. The fourth-order valence-corrected chi connectivity index (χ4v) is 3.75.